The summed E-state index contributed by atoms with van der Waals surface area (Å²) >= 11 is 0. The van der Waals surface area contributed by atoms with Gasteiger partial charge in [-0.25, -0.2) is 13.4 Å². The molecule has 0 atom stereocenters. The molecule has 2 heterocycles. The van der Waals surface area contributed by atoms with Gasteiger partial charge in [-0.15, -0.1) is 0 Å². The highest BCUT2D eigenvalue weighted by molar-refractivity contribution is 7.89. The van der Waals surface area contributed by atoms with Crippen LogP contribution in [0.2, 0.25) is 0 Å². The summed E-state index contributed by atoms with van der Waals surface area (Å²) in [7, 11) is -3.45. The molecule has 1 saturated heterocycles. The summed E-state index contributed by atoms with van der Waals surface area (Å²) in [6, 6.07) is 6.14. The van der Waals surface area contributed by atoms with Gasteiger partial charge >= 0.3 is 0 Å². The number of benzene rings is 1. The Bertz CT molecular complexity index is 905. The molecular formula is C19H24N4O3S. The molecule has 1 aromatic carbocycles. The Morgan fingerprint density at radius 1 is 1.07 bits per heavy atom. The first-order valence-corrected chi connectivity index (χ1v) is 10.9. The molecule has 0 unspecified atom stereocenters. The maximum absolute atomic E-state index is 12.5. The lowest BCUT2D eigenvalue weighted by atomic mass is 10.0. The van der Waals surface area contributed by atoms with Crippen molar-refractivity contribution in [2.45, 2.75) is 50.0 Å². The maximum atomic E-state index is 12.5. The number of aromatic amines is 1. The second-order valence-electron chi connectivity index (χ2n) is 7.13. The number of hydrogen-bond acceptors (Lipinski definition) is 4. The van der Waals surface area contributed by atoms with E-state index < -0.39 is 10.0 Å². The summed E-state index contributed by atoms with van der Waals surface area (Å²) in [5, 5.41) is 2.85. The molecular weight excluding hydrogens is 364 g/mol. The Labute approximate surface area is 159 Å². The van der Waals surface area contributed by atoms with Gasteiger partial charge in [0.15, 0.2) is 0 Å². The van der Waals surface area contributed by atoms with Gasteiger partial charge < -0.3 is 10.3 Å². The van der Waals surface area contributed by atoms with E-state index in [9.17, 15) is 13.2 Å². The van der Waals surface area contributed by atoms with Gasteiger partial charge in [0.05, 0.1) is 17.1 Å². The van der Waals surface area contributed by atoms with E-state index >= 15 is 0 Å². The minimum absolute atomic E-state index is 0.236. The Morgan fingerprint density at radius 2 is 1.78 bits per heavy atom. The van der Waals surface area contributed by atoms with Gasteiger partial charge in [-0.2, -0.15) is 4.31 Å². The maximum Gasteiger partial charge on any atom is 0.251 e. The summed E-state index contributed by atoms with van der Waals surface area (Å²) in [4.78, 5) is 20.4. The molecule has 0 saturated carbocycles. The number of fused-ring (bicyclic) bond motifs is 1. The zero-order valence-corrected chi connectivity index (χ0v) is 16.0. The first kappa shape index (κ1) is 18.2. The highest BCUT2D eigenvalue weighted by atomic mass is 32.2. The first-order chi connectivity index (χ1) is 13.0. The van der Waals surface area contributed by atoms with Crippen LogP contribution in [0.5, 0.6) is 0 Å². The number of aryl methyl sites for hydroxylation is 2. The molecule has 2 aromatic rings. The lowest BCUT2D eigenvalue weighted by molar-refractivity contribution is 0.0950. The minimum atomic E-state index is -3.45. The third kappa shape index (κ3) is 3.77. The zero-order chi connectivity index (χ0) is 18.9. The largest absolute Gasteiger partial charge is 0.345 e. The Kier molecular flexibility index (Phi) is 5.01. The van der Waals surface area contributed by atoms with Crippen LogP contribution in [-0.2, 0) is 29.4 Å². The van der Waals surface area contributed by atoms with E-state index in [0.717, 1.165) is 43.6 Å². The average molecular weight is 388 g/mol. The monoisotopic (exact) mass is 388 g/mol. The minimum Gasteiger partial charge on any atom is -0.345 e. The van der Waals surface area contributed by atoms with Crippen LogP contribution in [0, 0.1) is 0 Å². The van der Waals surface area contributed by atoms with Crippen LogP contribution in [0.15, 0.2) is 29.2 Å². The summed E-state index contributed by atoms with van der Waals surface area (Å²) in [5.74, 6) is 0.526. The summed E-state index contributed by atoms with van der Waals surface area (Å²) in [6.45, 7) is 1.47. The molecule has 1 aromatic heterocycles. The SMILES string of the molecule is O=C(NCc1nc2c([nH]1)CCCC2)c1ccc(S(=O)(=O)N2CCCC2)cc1. The molecule has 1 fully saturated rings. The van der Waals surface area contributed by atoms with Gasteiger partial charge in [0.1, 0.15) is 5.82 Å². The average Bonchev–Trinajstić information content (AvgIpc) is 3.36. The molecule has 4 rings (SSSR count). The predicted octanol–water partition coefficient (Wildman–Crippen LogP) is 2.00. The van der Waals surface area contributed by atoms with Crippen LogP contribution in [0.1, 0.15) is 53.3 Å². The van der Waals surface area contributed by atoms with Crippen LogP contribution in [0.4, 0.5) is 0 Å². The van der Waals surface area contributed by atoms with Crippen LogP contribution in [0.25, 0.3) is 0 Å². The van der Waals surface area contributed by atoms with Crippen LogP contribution < -0.4 is 5.32 Å². The zero-order valence-electron chi connectivity index (χ0n) is 15.2. The number of nitrogens with one attached hydrogen (secondary N) is 2. The Balaban J connectivity index is 1.39. The number of aromatic nitrogens is 2. The Morgan fingerprint density at radius 3 is 2.48 bits per heavy atom. The third-order valence-corrected chi connectivity index (χ3v) is 7.15. The number of H-pyrrole nitrogens is 1. The van der Waals surface area contributed by atoms with E-state index in [0.29, 0.717) is 25.2 Å². The van der Waals surface area contributed by atoms with E-state index in [1.165, 1.54) is 28.6 Å². The van der Waals surface area contributed by atoms with Crippen molar-refractivity contribution in [3.8, 4) is 0 Å². The lowest BCUT2D eigenvalue weighted by Gasteiger charge is -2.15. The van der Waals surface area contributed by atoms with Crippen molar-refractivity contribution >= 4 is 15.9 Å². The van der Waals surface area contributed by atoms with E-state index in [1.807, 2.05) is 0 Å². The highest BCUT2D eigenvalue weighted by Gasteiger charge is 2.27. The topological polar surface area (TPSA) is 95.2 Å². The first-order valence-electron chi connectivity index (χ1n) is 9.49. The molecule has 1 amide bonds. The number of nitrogens with zero attached hydrogens (tertiary/aromatic N) is 2. The molecule has 8 heteroatoms. The van der Waals surface area contributed by atoms with E-state index in [4.69, 9.17) is 0 Å². The second-order valence-corrected chi connectivity index (χ2v) is 9.07. The van der Waals surface area contributed by atoms with Gasteiger partial charge in [0, 0.05) is 24.3 Å². The van der Waals surface area contributed by atoms with Crippen molar-refractivity contribution in [1.82, 2.24) is 19.6 Å². The standard InChI is InChI=1S/C19H24N4O3S/c24-19(20-13-18-21-16-5-1-2-6-17(16)22-18)14-7-9-15(10-8-14)27(25,26)23-11-3-4-12-23/h7-10H,1-6,11-13H2,(H,20,24)(H,21,22). The third-order valence-electron chi connectivity index (χ3n) is 5.24. The number of carbonyl (C=O) groups excluding carboxylic acids is 1. The van der Waals surface area contributed by atoms with Gasteiger partial charge in [-0.3, -0.25) is 4.79 Å². The van der Waals surface area contributed by atoms with E-state index in [-0.39, 0.29) is 10.8 Å². The van der Waals surface area contributed by atoms with Crippen LogP contribution >= 0.6 is 0 Å². The number of amides is 1. The molecule has 0 spiro atoms. The van der Waals surface area contributed by atoms with Crippen molar-refractivity contribution in [1.29, 1.82) is 0 Å². The molecule has 1 aliphatic carbocycles. The van der Waals surface area contributed by atoms with Crippen molar-refractivity contribution in [2.75, 3.05) is 13.1 Å². The number of imidazole rings is 1. The van der Waals surface area contributed by atoms with Gasteiger partial charge in [0.25, 0.3) is 5.91 Å². The van der Waals surface area contributed by atoms with Gasteiger partial charge in [-0.1, -0.05) is 0 Å². The van der Waals surface area contributed by atoms with Crippen LogP contribution in [-0.4, -0.2) is 41.7 Å². The van der Waals surface area contributed by atoms with Gasteiger partial charge in [0.2, 0.25) is 10.0 Å². The normalized spacial score (nSPS) is 17.6. The fraction of sp³-hybridized carbons (Fsp3) is 0.474. The lowest BCUT2D eigenvalue weighted by Crippen LogP contribution is -2.28. The number of carbonyl (C=O) groups is 1. The summed E-state index contributed by atoms with van der Waals surface area (Å²) in [5.41, 5.74) is 2.73. The molecule has 27 heavy (non-hydrogen) atoms. The molecule has 2 aliphatic rings. The highest BCUT2D eigenvalue weighted by Crippen LogP contribution is 2.21. The Hall–Kier alpha value is -2.19. The molecule has 0 radical (unpaired) electrons. The fourth-order valence-electron chi connectivity index (χ4n) is 3.72. The van der Waals surface area contributed by atoms with Crippen molar-refractivity contribution in [3.63, 3.8) is 0 Å². The number of rotatable bonds is 5. The fourth-order valence-corrected chi connectivity index (χ4v) is 5.24. The predicted molar refractivity (Wildman–Crippen MR) is 101 cm³/mol. The molecule has 1 aliphatic heterocycles. The summed E-state index contributed by atoms with van der Waals surface area (Å²) in [6.07, 6.45) is 6.14. The van der Waals surface area contributed by atoms with E-state index in [2.05, 4.69) is 15.3 Å². The smallest absolute Gasteiger partial charge is 0.251 e. The van der Waals surface area contributed by atoms with E-state index in [1.54, 1.807) is 12.1 Å². The molecule has 144 valence electrons. The van der Waals surface area contributed by atoms with Crippen molar-refractivity contribution < 1.29 is 13.2 Å². The van der Waals surface area contributed by atoms with Crippen molar-refractivity contribution in [2.24, 2.45) is 0 Å². The molecule has 0 bridgehead atoms. The molecule has 7 nitrogen and oxygen atoms in total. The number of hydrogen-bond donors (Lipinski definition) is 2. The summed E-state index contributed by atoms with van der Waals surface area (Å²) < 4.78 is 26.6. The quantitative estimate of drug-likeness (QED) is 0.819. The van der Waals surface area contributed by atoms with Gasteiger partial charge in [-0.05, 0) is 62.8 Å². The molecule has 2 N–H and O–H groups in total. The number of sulfonamides is 1. The van der Waals surface area contributed by atoms with Crippen molar-refractivity contribution in [3.05, 3.63) is 47.0 Å². The second kappa shape index (κ2) is 7.44. The van der Waals surface area contributed by atoms with Crippen LogP contribution in [0.3, 0.4) is 0 Å².